The van der Waals surface area contributed by atoms with E-state index in [2.05, 4.69) is 10.2 Å². The molecular formula is C15H15F2N3O2S. The number of ether oxygens (including phenoxy) is 1. The predicted molar refractivity (Wildman–Crippen MR) is 82.9 cm³/mol. The number of benzene rings is 1. The first kappa shape index (κ1) is 15.9. The van der Waals surface area contributed by atoms with E-state index in [1.807, 2.05) is 13.8 Å². The highest BCUT2D eigenvalue weighted by molar-refractivity contribution is 7.12. The summed E-state index contributed by atoms with van der Waals surface area (Å²) in [4.78, 5) is 13.1. The number of aldehydes is 1. The summed E-state index contributed by atoms with van der Waals surface area (Å²) >= 11 is 1.08. The Hall–Kier alpha value is -1.93. The summed E-state index contributed by atoms with van der Waals surface area (Å²) in [6, 6.07) is 1.33. The van der Waals surface area contributed by atoms with Gasteiger partial charge in [0.05, 0.1) is 23.5 Å². The summed E-state index contributed by atoms with van der Waals surface area (Å²) in [5.41, 5.74) is 1.44. The Morgan fingerprint density at radius 3 is 2.57 bits per heavy atom. The normalized spacial score (nSPS) is 21.5. The van der Waals surface area contributed by atoms with E-state index >= 15 is 0 Å². The summed E-state index contributed by atoms with van der Waals surface area (Å²) in [5.74, 6) is -2.06. The minimum Gasteiger partial charge on any atom is -0.372 e. The highest BCUT2D eigenvalue weighted by Gasteiger charge is 2.29. The molecular weight excluding hydrogens is 324 g/mol. The molecule has 0 saturated carbocycles. The molecule has 0 amide bonds. The summed E-state index contributed by atoms with van der Waals surface area (Å²) < 4.78 is 34.8. The highest BCUT2D eigenvalue weighted by Crippen LogP contribution is 2.35. The number of morpholine rings is 1. The van der Waals surface area contributed by atoms with Crippen molar-refractivity contribution in [2.24, 2.45) is 0 Å². The molecule has 0 aliphatic carbocycles. The number of hydrogen-bond acceptors (Lipinski definition) is 6. The van der Waals surface area contributed by atoms with E-state index in [1.54, 1.807) is 4.90 Å². The fourth-order valence-corrected chi connectivity index (χ4v) is 3.42. The maximum Gasteiger partial charge on any atom is 0.183 e. The van der Waals surface area contributed by atoms with Crippen LogP contribution in [-0.2, 0) is 4.74 Å². The molecule has 5 nitrogen and oxygen atoms in total. The average molecular weight is 339 g/mol. The molecule has 0 bridgehead atoms. The monoisotopic (exact) mass is 339 g/mol. The molecule has 1 aliphatic rings. The van der Waals surface area contributed by atoms with Crippen molar-refractivity contribution in [2.45, 2.75) is 26.1 Å². The van der Waals surface area contributed by atoms with Crippen LogP contribution in [0.5, 0.6) is 0 Å². The van der Waals surface area contributed by atoms with Gasteiger partial charge in [0.25, 0.3) is 0 Å². The Kier molecular flexibility index (Phi) is 4.36. The van der Waals surface area contributed by atoms with Gasteiger partial charge in [-0.25, -0.2) is 8.78 Å². The topological polar surface area (TPSA) is 55.3 Å². The number of halogens is 2. The number of aromatic nitrogens is 2. The second-order valence-corrected chi connectivity index (χ2v) is 6.35. The number of rotatable bonds is 3. The minimum atomic E-state index is -1.04. The molecule has 1 aliphatic heterocycles. The van der Waals surface area contributed by atoms with Gasteiger partial charge in [-0.2, -0.15) is 0 Å². The summed E-state index contributed by atoms with van der Waals surface area (Å²) in [6.45, 7) is 4.49. The number of carbonyl (C=O) groups excluding carboxylic acids is 1. The van der Waals surface area contributed by atoms with E-state index in [0.717, 1.165) is 11.3 Å². The SMILES string of the molecule is CC1CN(c2c(C=O)cc(-c3nncs3)c(F)c2F)CC(C)O1. The molecule has 0 radical (unpaired) electrons. The van der Waals surface area contributed by atoms with Gasteiger partial charge < -0.3 is 9.64 Å². The Labute approximate surface area is 135 Å². The van der Waals surface area contributed by atoms with Crippen molar-refractivity contribution in [3.05, 3.63) is 28.8 Å². The average Bonchev–Trinajstić information content (AvgIpc) is 3.02. The van der Waals surface area contributed by atoms with Crippen molar-refractivity contribution in [1.29, 1.82) is 0 Å². The van der Waals surface area contributed by atoms with Gasteiger partial charge in [0, 0.05) is 18.7 Å². The Morgan fingerprint density at radius 2 is 2.00 bits per heavy atom. The zero-order chi connectivity index (χ0) is 16.6. The van der Waals surface area contributed by atoms with Crippen LogP contribution in [0.2, 0.25) is 0 Å². The lowest BCUT2D eigenvalue weighted by Crippen LogP contribution is -2.46. The van der Waals surface area contributed by atoms with Crippen molar-refractivity contribution in [3.63, 3.8) is 0 Å². The van der Waals surface area contributed by atoms with Crippen molar-refractivity contribution in [2.75, 3.05) is 18.0 Å². The van der Waals surface area contributed by atoms with Crippen LogP contribution in [0.3, 0.4) is 0 Å². The van der Waals surface area contributed by atoms with Crippen LogP contribution in [-0.4, -0.2) is 41.8 Å². The standard InChI is InChI=1S/C15H15F2N3O2S/c1-8-4-20(5-9(2)22-8)14-10(6-21)3-11(12(16)13(14)17)15-19-18-7-23-15/h3,6-9H,4-5H2,1-2H3. The van der Waals surface area contributed by atoms with Crippen LogP contribution >= 0.6 is 11.3 Å². The largest absolute Gasteiger partial charge is 0.372 e. The summed E-state index contributed by atoms with van der Waals surface area (Å²) in [7, 11) is 0. The summed E-state index contributed by atoms with van der Waals surface area (Å²) in [6.07, 6.45) is 0.264. The lowest BCUT2D eigenvalue weighted by atomic mass is 10.1. The fourth-order valence-electron chi connectivity index (χ4n) is 2.85. The van der Waals surface area contributed by atoms with Crippen LogP contribution < -0.4 is 4.90 Å². The molecule has 23 heavy (non-hydrogen) atoms. The van der Waals surface area contributed by atoms with Gasteiger partial charge in [-0.3, -0.25) is 4.79 Å². The fraction of sp³-hybridized carbons (Fsp3) is 0.400. The van der Waals surface area contributed by atoms with E-state index in [4.69, 9.17) is 4.74 Å². The van der Waals surface area contributed by atoms with Gasteiger partial charge in [-0.15, -0.1) is 10.2 Å². The van der Waals surface area contributed by atoms with Gasteiger partial charge in [-0.05, 0) is 19.9 Å². The van der Waals surface area contributed by atoms with E-state index in [0.29, 0.717) is 19.4 Å². The van der Waals surface area contributed by atoms with Gasteiger partial charge >= 0.3 is 0 Å². The van der Waals surface area contributed by atoms with E-state index < -0.39 is 11.6 Å². The van der Waals surface area contributed by atoms with Crippen molar-refractivity contribution in [3.8, 4) is 10.6 Å². The smallest absolute Gasteiger partial charge is 0.183 e. The number of anilines is 1. The Morgan fingerprint density at radius 1 is 1.30 bits per heavy atom. The van der Waals surface area contributed by atoms with Crippen LogP contribution in [0.4, 0.5) is 14.5 Å². The first-order chi connectivity index (χ1) is 11.0. The minimum absolute atomic E-state index is 0.0206. The zero-order valence-electron chi connectivity index (χ0n) is 12.6. The molecule has 122 valence electrons. The predicted octanol–water partition coefficient (Wildman–Crippen LogP) is 2.91. The van der Waals surface area contributed by atoms with Crippen molar-refractivity contribution >= 4 is 23.3 Å². The molecule has 0 N–H and O–H groups in total. The van der Waals surface area contributed by atoms with Crippen LogP contribution in [0.1, 0.15) is 24.2 Å². The van der Waals surface area contributed by atoms with Gasteiger partial charge in [-0.1, -0.05) is 11.3 Å². The van der Waals surface area contributed by atoms with Gasteiger partial charge in [0.2, 0.25) is 0 Å². The van der Waals surface area contributed by atoms with Crippen LogP contribution in [0.15, 0.2) is 11.6 Å². The third-order valence-electron chi connectivity index (χ3n) is 3.66. The maximum absolute atomic E-state index is 14.7. The number of nitrogens with zero attached hydrogens (tertiary/aromatic N) is 3. The first-order valence-corrected chi connectivity index (χ1v) is 8.03. The molecule has 2 aromatic rings. The highest BCUT2D eigenvalue weighted by atomic mass is 32.1. The van der Waals surface area contributed by atoms with Crippen LogP contribution in [0, 0.1) is 11.6 Å². The van der Waals surface area contributed by atoms with E-state index in [1.165, 1.54) is 11.6 Å². The Bertz CT molecular complexity index is 714. The Balaban J connectivity index is 2.10. The molecule has 2 atom stereocenters. The molecule has 3 rings (SSSR count). The molecule has 1 saturated heterocycles. The third kappa shape index (κ3) is 2.96. The second kappa shape index (κ2) is 6.29. The van der Waals surface area contributed by atoms with Crippen LogP contribution in [0.25, 0.3) is 10.6 Å². The van der Waals surface area contributed by atoms with Gasteiger partial charge in [0.15, 0.2) is 22.9 Å². The van der Waals surface area contributed by atoms with E-state index in [-0.39, 0.29) is 34.0 Å². The lowest BCUT2D eigenvalue weighted by molar-refractivity contribution is -0.00546. The molecule has 2 heterocycles. The summed E-state index contributed by atoms with van der Waals surface area (Å²) in [5, 5.41) is 7.60. The van der Waals surface area contributed by atoms with Gasteiger partial charge in [0.1, 0.15) is 5.51 Å². The van der Waals surface area contributed by atoms with Crippen molar-refractivity contribution < 1.29 is 18.3 Å². The van der Waals surface area contributed by atoms with E-state index in [9.17, 15) is 13.6 Å². The quantitative estimate of drug-likeness (QED) is 0.805. The molecule has 8 heteroatoms. The molecule has 2 unspecified atom stereocenters. The number of hydrogen-bond donors (Lipinski definition) is 0. The zero-order valence-corrected chi connectivity index (χ0v) is 13.4. The number of carbonyl (C=O) groups is 1. The molecule has 1 aromatic carbocycles. The first-order valence-electron chi connectivity index (χ1n) is 7.15. The second-order valence-electron chi connectivity index (χ2n) is 5.51. The maximum atomic E-state index is 14.7. The molecule has 0 spiro atoms. The molecule has 1 aromatic heterocycles. The molecule has 1 fully saturated rings. The third-order valence-corrected chi connectivity index (χ3v) is 4.39. The lowest BCUT2D eigenvalue weighted by Gasteiger charge is -2.37. The van der Waals surface area contributed by atoms with Crippen molar-refractivity contribution in [1.82, 2.24) is 10.2 Å².